The van der Waals surface area contributed by atoms with Gasteiger partial charge in [-0.2, -0.15) is 0 Å². The first-order valence-corrected chi connectivity index (χ1v) is 8.12. The molecule has 126 valence electrons. The van der Waals surface area contributed by atoms with E-state index in [4.69, 9.17) is 0 Å². The van der Waals surface area contributed by atoms with Crippen LogP contribution in [0.3, 0.4) is 0 Å². The Labute approximate surface area is 141 Å². The summed E-state index contributed by atoms with van der Waals surface area (Å²) in [5, 5.41) is 13.7. The highest BCUT2D eigenvalue weighted by Gasteiger charge is 2.14. The maximum atomic E-state index is 12.9. The highest BCUT2D eigenvalue weighted by atomic mass is 19.1. The van der Waals surface area contributed by atoms with E-state index < -0.39 is 6.10 Å². The van der Waals surface area contributed by atoms with E-state index in [2.05, 4.69) is 14.9 Å². The molecule has 2 N–H and O–H groups in total. The molecule has 0 aliphatic rings. The number of imidazole rings is 1. The molecular formula is C19H22FN3O. The second-order valence-corrected chi connectivity index (χ2v) is 6.16. The summed E-state index contributed by atoms with van der Waals surface area (Å²) in [5.41, 5.74) is 2.82. The Hall–Kier alpha value is -2.24. The van der Waals surface area contributed by atoms with Gasteiger partial charge in [0.05, 0.1) is 23.7 Å². The molecule has 0 saturated heterocycles. The molecule has 2 atom stereocenters. The van der Waals surface area contributed by atoms with E-state index in [1.807, 2.05) is 38.2 Å². The molecule has 1 aromatic heterocycles. The van der Waals surface area contributed by atoms with Crippen LogP contribution in [0.4, 0.5) is 4.39 Å². The molecule has 0 bridgehead atoms. The fraction of sp³-hybridized carbons (Fsp3) is 0.316. The number of nitrogens with zero attached hydrogens (tertiary/aromatic N) is 2. The van der Waals surface area contributed by atoms with Crippen LogP contribution in [0.25, 0.3) is 11.0 Å². The molecule has 24 heavy (non-hydrogen) atoms. The number of aliphatic hydroxyl groups is 1. The second-order valence-electron chi connectivity index (χ2n) is 6.16. The summed E-state index contributed by atoms with van der Waals surface area (Å²) >= 11 is 0. The van der Waals surface area contributed by atoms with Crippen molar-refractivity contribution in [1.29, 1.82) is 0 Å². The summed E-state index contributed by atoms with van der Waals surface area (Å²) in [4.78, 5) is 4.63. The van der Waals surface area contributed by atoms with Crippen LogP contribution < -0.4 is 5.32 Å². The van der Waals surface area contributed by atoms with Gasteiger partial charge in [-0.3, -0.25) is 0 Å². The first kappa shape index (κ1) is 16.6. The molecule has 3 aromatic rings. The molecular weight excluding hydrogens is 305 g/mol. The number of aromatic nitrogens is 2. The third kappa shape index (κ3) is 3.63. The average molecular weight is 327 g/mol. The Morgan fingerprint density at radius 2 is 1.88 bits per heavy atom. The number of rotatable bonds is 6. The number of aliphatic hydroxyl groups excluding tert-OH is 1. The van der Waals surface area contributed by atoms with Crippen LogP contribution in [0.1, 0.15) is 30.8 Å². The van der Waals surface area contributed by atoms with Gasteiger partial charge in [-0.15, -0.1) is 0 Å². The van der Waals surface area contributed by atoms with Crippen molar-refractivity contribution >= 4 is 11.0 Å². The number of nitrogens with one attached hydrogen (secondary N) is 1. The molecule has 0 unspecified atom stereocenters. The van der Waals surface area contributed by atoms with Gasteiger partial charge in [0.25, 0.3) is 0 Å². The molecule has 3 rings (SSSR count). The van der Waals surface area contributed by atoms with Gasteiger partial charge in [-0.1, -0.05) is 24.3 Å². The monoisotopic (exact) mass is 327 g/mol. The number of para-hydroxylation sites is 2. The van der Waals surface area contributed by atoms with Gasteiger partial charge in [0.2, 0.25) is 0 Å². The molecule has 1 heterocycles. The molecule has 0 aliphatic heterocycles. The zero-order valence-electron chi connectivity index (χ0n) is 13.9. The van der Waals surface area contributed by atoms with Crippen molar-refractivity contribution in [2.75, 3.05) is 0 Å². The predicted molar refractivity (Wildman–Crippen MR) is 93.0 cm³/mol. The minimum absolute atomic E-state index is 0.102. The third-order valence-electron chi connectivity index (χ3n) is 4.32. The Balaban J connectivity index is 1.59. The van der Waals surface area contributed by atoms with Gasteiger partial charge < -0.3 is 15.0 Å². The van der Waals surface area contributed by atoms with Gasteiger partial charge in [0.1, 0.15) is 11.6 Å². The Kier molecular flexibility index (Phi) is 4.92. The number of halogens is 1. The maximum Gasteiger partial charge on any atom is 0.123 e. The van der Waals surface area contributed by atoms with Crippen molar-refractivity contribution in [2.45, 2.75) is 32.0 Å². The molecule has 2 aromatic carbocycles. The Morgan fingerprint density at radius 1 is 1.17 bits per heavy atom. The molecule has 4 nitrogen and oxygen atoms in total. The zero-order chi connectivity index (χ0) is 17.1. The first-order valence-electron chi connectivity index (χ1n) is 8.12. The first-order chi connectivity index (χ1) is 11.5. The minimum Gasteiger partial charge on any atom is -0.388 e. The highest BCUT2D eigenvalue weighted by Crippen LogP contribution is 2.19. The van der Waals surface area contributed by atoms with Crippen LogP contribution in [0.5, 0.6) is 0 Å². The fourth-order valence-corrected chi connectivity index (χ4v) is 2.86. The van der Waals surface area contributed by atoms with Crippen LogP contribution in [-0.2, 0) is 13.6 Å². The van der Waals surface area contributed by atoms with E-state index in [1.165, 1.54) is 12.1 Å². The van der Waals surface area contributed by atoms with E-state index in [1.54, 1.807) is 12.1 Å². The topological polar surface area (TPSA) is 50.1 Å². The zero-order valence-corrected chi connectivity index (χ0v) is 13.9. The Morgan fingerprint density at radius 3 is 2.58 bits per heavy atom. The standard InChI is InChI=1S/C19H22FN3O/c1-13(11-18(24)14-7-9-15(20)10-8-14)21-12-19-22-16-5-3-4-6-17(16)23(19)2/h3-10,13,18,21,24H,11-12H2,1-2H3/t13-,18-/m1/s1. The summed E-state index contributed by atoms with van der Waals surface area (Å²) < 4.78 is 15.0. The van der Waals surface area contributed by atoms with E-state index >= 15 is 0 Å². The van der Waals surface area contributed by atoms with Gasteiger partial charge in [-0.25, -0.2) is 9.37 Å². The van der Waals surface area contributed by atoms with E-state index in [0.29, 0.717) is 13.0 Å². The van der Waals surface area contributed by atoms with Crippen LogP contribution in [0.2, 0.25) is 0 Å². The van der Waals surface area contributed by atoms with Crippen molar-refractivity contribution < 1.29 is 9.50 Å². The Bertz CT molecular complexity index is 813. The van der Waals surface area contributed by atoms with Gasteiger partial charge in [0, 0.05) is 13.1 Å². The number of hydrogen-bond acceptors (Lipinski definition) is 3. The van der Waals surface area contributed by atoms with Crippen LogP contribution >= 0.6 is 0 Å². The molecule has 0 saturated carbocycles. The molecule has 5 heteroatoms. The SMILES string of the molecule is C[C@H](C[C@@H](O)c1ccc(F)cc1)NCc1nc2ccccc2n1C. The van der Waals surface area contributed by atoms with Crippen molar-refractivity contribution in [3.8, 4) is 0 Å². The average Bonchev–Trinajstić information content (AvgIpc) is 2.90. The number of benzene rings is 2. The smallest absolute Gasteiger partial charge is 0.123 e. The summed E-state index contributed by atoms with van der Waals surface area (Å²) in [5.74, 6) is 0.665. The molecule has 0 aliphatic carbocycles. The lowest BCUT2D eigenvalue weighted by atomic mass is 10.0. The number of hydrogen-bond donors (Lipinski definition) is 2. The summed E-state index contributed by atoms with van der Waals surface area (Å²) in [7, 11) is 2.00. The summed E-state index contributed by atoms with van der Waals surface area (Å²) in [6, 6.07) is 14.1. The summed E-state index contributed by atoms with van der Waals surface area (Å²) in [6.45, 7) is 2.65. The van der Waals surface area contributed by atoms with Crippen molar-refractivity contribution in [1.82, 2.24) is 14.9 Å². The predicted octanol–water partition coefficient (Wildman–Crippen LogP) is 3.31. The lowest BCUT2D eigenvalue weighted by Gasteiger charge is -2.18. The largest absolute Gasteiger partial charge is 0.388 e. The van der Waals surface area contributed by atoms with E-state index in [0.717, 1.165) is 22.4 Å². The van der Waals surface area contributed by atoms with E-state index in [9.17, 15) is 9.50 Å². The van der Waals surface area contributed by atoms with Gasteiger partial charge in [0.15, 0.2) is 0 Å². The normalized spacial score (nSPS) is 14.0. The minimum atomic E-state index is -0.617. The lowest BCUT2D eigenvalue weighted by Crippen LogP contribution is -2.28. The van der Waals surface area contributed by atoms with Gasteiger partial charge in [-0.05, 0) is 43.2 Å². The number of fused-ring (bicyclic) bond motifs is 1. The van der Waals surface area contributed by atoms with Crippen LogP contribution in [-0.4, -0.2) is 20.7 Å². The van der Waals surface area contributed by atoms with Crippen molar-refractivity contribution in [2.24, 2.45) is 7.05 Å². The second kappa shape index (κ2) is 7.11. The van der Waals surface area contributed by atoms with E-state index in [-0.39, 0.29) is 11.9 Å². The number of aryl methyl sites for hydroxylation is 1. The van der Waals surface area contributed by atoms with Crippen LogP contribution in [0.15, 0.2) is 48.5 Å². The fourth-order valence-electron chi connectivity index (χ4n) is 2.86. The molecule has 0 radical (unpaired) electrons. The van der Waals surface area contributed by atoms with Crippen molar-refractivity contribution in [3.63, 3.8) is 0 Å². The summed E-state index contributed by atoms with van der Waals surface area (Å²) in [6.07, 6.45) is -0.0659. The van der Waals surface area contributed by atoms with Crippen LogP contribution in [0, 0.1) is 5.82 Å². The van der Waals surface area contributed by atoms with Gasteiger partial charge >= 0.3 is 0 Å². The lowest BCUT2D eigenvalue weighted by molar-refractivity contribution is 0.153. The third-order valence-corrected chi connectivity index (χ3v) is 4.32. The molecule has 0 amide bonds. The quantitative estimate of drug-likeness (QED) is 0.730. The maximum absolute atomic E-state index is 12.9. The van der Waals surface area contributed by atoms with Crippen molar-refractivity contribution in [3.05, 3.63) is 65.7 Å². The molecule has 0 fully saturated rings. The molecule has 0 spiro atoms. The highest BCUT2D eigenvalue weighted by molar-refractivity contribution is 5.75.